The van der Waals surface area contributed by atoms with E-state index in [1.54, 1.807) is 19.2 Å². The van der Waals surface area contributed by atoms with Gasteiger partial charge in [0, 0.05) is 11.6 Å². The summed E-state index contributed by atoms with van der Waals surface area (Å²) in [6.07, 6.45) is 2.33. The van der Waals surface area contributed by atoms with Gasteiger partial charge in [-0.3, -0.25) is 0 Å². The highest BCUT2D eigenvalue weighted by Crippen LogP contribution is 2.42. The Kier molecular flexibility index (Phi) is 3.59. The predicted molar refractivity (Wildman–Crippen MR) is 76.8 cm³/mol. The van der Waals surface area contributed by atoms with Crippen molar-refractivity contribution in [1.82, 2.24) is 5.16 Å². The molecule has 1 heterocycles. The van der Waals surface area contributed by atoms with Crippen molar-refractivity contribution in [3.05, 3.63) is 28.4 Å². The van der Waals surface area contributed by atoms with Gasteiger partial charge in [0.1, 0.15) is 5.69 Å². The highest BCUT2D eigenvalue weighted by atomic mass is 79.9. The normalized spacial score (nSPS) is 14.0. The molecule has 0 atom stereocenters. The molecule has 0 bridgehead atoms. The lowest BCUT2D eigenvalue weighted by Gasteiger charge is -2.13. The van der Waals surface area contributed by atoms with E-state index in [0.29, 0.717) is 22.8 Å². The molecule has 7 heteroatoms. The number of carbonyl (C=O) groups is 1. The molecule has 21 heavy (non-hydrogen) atoms. The number of aromatic nitrogens is 1. The number of rotatable bonds is 5. The average Bonchev–Trinajstić information content (AvgIpc) is 3.13. The van der Waals surface area contributed by atoms with E-state index < -0.39 is 5.97 Å². The van der Waals surface area contributed by atoms with Crippen LogP contribution in [-0.2, 0) is 0 Å². The summed E-state index contributed by atoms with van der Waals surface area (Å²) >= 11 is 3.45. The zero-order chi connectivity index (χ0) is 15.0. The van der Waals surface area contributed by atoms with E-state index >= 15 is 0 Å². The molecule has 0 amide bonds. The number of methoxy groups -OCH3 is 1. The average molecular weight is 354 g/mol. The Morgan fingerprint density at radius 3 is 2.76 bits per heavy atom. The molecule has 1 N–H and O–H groups in total. The minimum absolute atomic E-state index is 0.210. The molecule has 0 radical (unpaired) electrons. The van der Waals surface area contributed by atoms with E-state index in [4.69, 9.17) is 19.1 Å². The quantitative estimate of drug-likeness (QED) is 0.887. The first-order chi connectivity index (χ1) is 10.1. The number of hydrogen-bond donors (Lipinski definition) is 1. The molecule has 6 nitrogen and oxygen atoms in total. The largest absolute Gasteiger partial charge is 0.493 e. The summed E-state index contributed by atoms with van der Waals surface area (Å²) in [6, 6.07) is 4.90. The van der Waals surface area contributed by atoms with Gasteiger partial charge < -0.3 is 19.1 Å². The van der Waals surface area contributed by atoms with Crippen LogP contribution in [0.3, 0.4) is 0 Å². The third kappa shape index (κ3) is 2.87. The summed E-state index contributed by atoms with van der Waals surface area (Å²) in [6.45, 7) is 0. The van der Waals surface area contributed by atoms with Crippen molar-refractivity contribution in [2.24, 2.45) is 0 Å². The van der Waals surface area contributed by atoms with Gasteiger partial charge in [-0.1, -0.05) is 5.16 Å². The molecule has 1 aromatic heterocycles. The van der Waals surface area contributed by atoms with Gasteiger partial charge in [0.15, 0.2) is 11.5 Å². The fourth-order valence-corrected chi connectivity index (χ4v) is 2.38. The number of nitrogens with zero attached hydrogens (tertiary/aromatic N) is 1. The second-order valence-corrected chi connectivity index (χ2v) is 5.54. The number of carboxylic acid groups (broad SMARTS) is 1. The Labute approximate surface area is 128 Å². The van der Waals surface area contributed by atoms with Gasteiger partial charge >= 0.3 is 5.97 Å². The van der Waals surface area contributed by atoms with Gasteiger partial charge in [-0.05, 0) is 40.9 Å². The molecule has 1 fully saturated rings. The Bertz CT molecular complexity index is 693. The molecule has 1 aliphatic rings. The second kappa shape index (κ2) is 5.40. The lowest BCUT2D eigenvalue weighted by molar-refractivity contribution is 0.0652. The molecule has 0 saturated heterocycles. The molecule has 1 aromatic carbocycles. The van der Waals surface area contributed by atoms with Crippen molar-refractivity contribution in [3.63, 3.8) is 0 Å². The minimum atomic E-state index is -1.16. The first-order valence-electron chi connectivity index (χ1n) is 6.33. The lowest BCUT2D eigenvalue weighted by Crippen LogP contribution is -2.00. The lowest BCUT2D eigenvalue weighted by atomic mass is 10.1. The van der Waals surface area contributed by atoms with Crippen molar-refractivity contribution in [1.29, 1.82) is 0 Å². The van der Waals surface area contributed by atoms with E-state index in [0.717, 1.165) is 17.3 Å². The second-order valence-electron chi connectivity index (χ2n) is 4.69. The molecule has 0 unspecified atom stereocenters. The smallest absolute Gasteiger partial charge is 0.374 e. The number of aromatic carboxylic acids is 1. The fraction of sp³-hybridized carbons (Fsp3) is 0.286. The topological polar surface area (TPSA) is 81.8 Å². The van der Waals surface area contributed by atoms with Gasteiger partial charge in [0.25, 0.3) is 0 Å². The first kappa shape index (κ1) is 13.9. The van der Waals surface area contributed by atoms with Crippen molar-refractivity contribution >= 4 is 21.9 Å². The Morgan fingerprint density at radius 2 is 2.19 bits per heavy atom. The molecule has 1 aliphatic carbocycles. The Balaban J connectivity index is 1.98. The van der Waals surface area contributed by atoms with Gasteiger partial charge in [-0.2, -0.15) is 0 Å². The van der Waals surface area contributed by atoms with Crippen LogP contribution in [0.4, 0.5) is 0 Å². The monoisotopic (exact) mass is 353 g/mol. The summed E-state index contributed by atoms with van der Waals surface area (Å²) in [5.41, 5.74) is 1.10. The summed E-state index contributed by atoms with van der Waals surface area (Å²) in [7, 11) is 1.55. The van der Waals surface area contributed by atoms with Crippen LogP contribution in [0.5, 0.6) is 11.5 Å². The van der Waals surface area contributed by atoms with E-state index in [-0.39, 0.29) is 11.9 Å². The highest BCUT2D eigenvalue weighted by molar-refractivity contribution is 9.10. The van der Waals surface area contributed by atoms with Gasteiger partial charge in [0.05, 0.1) is 17.7 Å². The Morgan fingerprint density at radius 1 is 1.43 bits per heavy atom. The molecule has 0 spiro atoms. The molecule has 0 aliphatic heterocycles. The molecular formula is C14H12BrNO5. The SMILES string of the molecule is COc1cc(-c2cc(C(=O)O)on2)cc(Br)c1OC1CC1. The van der Waals surface area contributed by atoms with Crippen LogP contribution in [-0.4, -0.2) is 29.4 Å². The maximum Gasteiger partial charge on any atom is 0.374 e. The number of halogens is 1. The summed E-state index contributed by atoms with van der Waals surface area (Å²) in [5.74, 6) is -0.163. The highest BCUT2D eigenvalue weighted by Gasteiger charge is 2.26. The Hall–Kier alpha value is -2.02. The third-order valence-electron chi connectivity index (χ3n) is 3.06. The van der Waals surface area contributed by atoms with Crippen LogP contribution in [0.2, 0.25) is 0 Å². The van der Waals surface area contributed by atoms with Crippen molar-refractivity contribution in [2.75, 3.05) is 7.11 Å². The van der Waals surface area contributed by atoms with E-state index in [2.05, 4.69) is 21.1 Å². The van der Waals surface area contributed by atoms with Gasteiger partial charge in [-0.15, -0.1) is 0 Å². The molecule has 2 aromatic rings. The minimum Gasteiger partial charge on any atom is -0.493 e. The van der Waals surface area contributed by atoms with Crippen LogP contribution in [0.15, 0.2) is 27.2 Å². The fourth-order valence-electron chi connectivity index (χ4n) is 1.85. The third-order valence-corrected chi connectivity index (χ3v) is 3.64. The van der Waals surface area contributed by atoms with Crippen LogP contribution >= 0.6 is 15.9 Å². The van der Waals surface area contributed by atoms with Crippen molar-refractivity contribution < 1.29 is 23.9 Å². The van der Waals surface area contributed by atoms with Crippen molar-refractivity contribution in [2.45, 2.75) is 18.9 Å². The molecular weight excluding hydrogens is 342 g/mol. The van der Waals surface area contributed by atoms with Crippen LogP contribution in [0, 0.1) is 0 Å². The summed E-state index contributed by atoms with van der Waals surface area (Å²) in [4.78, 5) is 10.8. The maximum absolute atomic E-state index is 10.8. The number of ether oxygens (including phenoxy) is 2. The van der Waals surface area contributed by atoms with E-state index in [1.165, 1.54) is 6.07 Å². The first-order valence-corrected chi connectivity index (χ1v) is 7.12. The molecule has 110 valence electrons. The van der Waals surface area contributed by atoms with Crippen LogP contribution in [0.25, 0.3) is 11.3 Å². The predicted octanol–water partition coefficient (Wildman–Crippen LogP) is 3.35. The zero-order valence-electron chi connectivity index (χ0n) is 11.1. The number of carboxylic acids is 1. The molecule has 1 saturated carbocycles. The van der Waals surface area contributed by atoms with E-state index in [1.807, 2.05) is 0 Å². The van der Waals surface area contributed by atoms with E-state index in [9.17, 15) is 4.79 Å². The van der Waals surface area contributed by atoms with Crippen LogP contribution < -0.4 is 9.47 Å². The standard InChI is InChI=1S/C14H12BrNO5/c1-19-11-5-7(10-6-12(14(17)18)21-16-10)4-9(15)13(11)20-8-2-3-8/h4-6,8H,2-3H2,1H3,(H,17,18). The number of hydrogen-bond acceptors (Lipinski definition) is 5. The maximum atomic E-state index is 10.8. The summed E-state index contributed by atoms with van der Waals surface area (Å²) in [5, 5.41) is 12.6. The van der Waals surface area contributed by atoms with Gasteiger partial charge in [-0.25, -0.2) is 4.79 Å². The van der Waals surface area contributed by atoms with Crippen LogP contribution in [0.1, 0.15) is 23.4 Å². The van der Waals surface area contributed by atoms with Gasteiger partial charge in [0.2, 0.25) is 5.76 Å². The van der Waals surface area contributed by atoms with Crippen molar-refractivity contribution in [3.8, 4) is 22.8 Å². The summed E-state index contributed by atoms with van der Waals surface area (Å²) < 4.78 is 16.6. The number of benzene rings is 1. The zero-order valence-corrected chi connectivity index (χ0v) is 12.7. The molecule has 3 rings (SSSR count).